The third-order valence-corrected chi connectivity index (χ3v) is 6.91. The van der Waals surface area contributed by atoms with Gasteiger partial charge in [-0.3, -0.25) is 0 Å². The molecule has 0 saturated carbocycles. The van der Waals surface area contributed by atoms with Crippen LogP contribution in [-0.2, 0) is 21.0 Å². The predicted octanol–water partition coefficient (Wildman–Crippen LogP) is 4.85. The molecular weight excluding hydrogens is 409 g/mol. The zero-order valence-electron chi connectivity index (χ0n) is 15.3. The van der Waals surface area contributed by atoms with Crippen molar-refractivity contribution in [3.8, 4) is 0 Å². The minimum absolute atomic E-state index is 0.471. The second-order valence-corrected chi connectivity index (χ2v) is 9.76. The van der Waals surface area contributed by atoms with Gasteiger partial charge in [0.25, 0.3) is 0 Å². The molecule has 1 fully saturated rings. The molecule has 1 aliphatic heterocycles. The Morgan fingerprint density at radius 3 is 2.00 bits per heavy atom. The average molecular weight is 431 g/mol. The van der Waals surface area contributed by atoms with Crippen LogP contribution in [0.3, 0.4) is 0 Å². The lowest BCUT2D eigenvalue weighted by atomic mass is 9.96. The van der Waals surface area contributed by atoms with Crippen molar-refractivity contribution in [2.45, 2.75) is 25.3 Å². The van der Waals surface area contributed by atoms with Crippen LogP contribution in [0.4, 0.5) is 13.2 Å². The van der Waals surface area contributed by atoms with E-state index in [2.05, 4.69) is 66.9 Å². The third-order valence-electron chi connectivity index (χ3n) is 4.15. The van der Waals surface area contributed by atoms with Crippen LogP contribution < -0.4 is 0 Å². The minimum atomic E-state index is -6.09. The molecule has 152 valence electrons. The van der Waals surface area contributed by atoms with E-state index in [1.54, 1.807) is 0 Å². The monoisotopic (exact) mass is 430 g/mol. The van der Waals surface area contributed by atoms with Crippen LogP contribution >= 0.6 is 0 Å². The number of halogens is 3. The van der Waals surface area contributed by atoms with Crippen LogP contribution in [0.5, 0.6) is 0 Å². The zero-order chi connectivity index (χ0) is 20.8. The first kappa shape index (κ1) is 22.5. The summed E-state index contributed by atoms with van der Waals surface area (Å²) in [5, 5.41) is 2.55. The molecule has 1 saturated heterocycles. The summed E-state index contributed by atoms with van der Waals surface area (Å²) in [6.07, 6.45) is 2.80. The number of rotatable bonds is 3. The number of alkyl halides is 3. The fourth-order valence-corrected chi connectivity index (χ4v) is 4.93. The van der Waals surface area contributed by atoms with E-state index >= 15 is 0 Å². The molecular formula is C20H21F3O3S2. The second-order valence-electron chi connectivity index (χ2n) is 6.27. The van der Waals surface area contributed by atoms with E-state index in [0.29, 0.717) is 10.9 Å². The Bertz CT molecular complexity index is 902. The van der Waals surface area contributed by atoms with Crippen molar-refractivity contribution in [1.29, 1.82) is 0 Å². The van der Waals surface area contributed by atoms with Crippen molar-refractivity contribution in [3.05, 3.63) is 76.7 Å². The van der Waals surface area contributed by atoms with E-state index in [9.17, 15) is 13.2 Å². The first-order valence-electron chi connectivity index (χ1n) is 8.61. The van der Waals surface area contributed by atoms with Crippen molar-refractivity contribution in [3.63, 3.8) is 0 Å². The number of hydrogen-bond donors (Lipinski definition) is 0. The largest absolute Gasteiger partial charge is 0.741 e. The smallest absolute Gasteiger partial charge is 0.485 e. The normalized spacial score (nSPS) is 15.8. The molecule has 0 spiro atoms. The van der Waals surface area contributed by atoms with Crippen LogP contribution in [0.1, 0.15) is 29.5 Å². The number of aryl methyl sites for hydroxylation is 1. The topological polar surface area (TPSA) is 57.2 Å². The Hall–Kier alpha value is -1.77. The lowest BCUT2D eigenvalue weighted by Crippen LogP contribution is -2.21. The van der Waals surface area contributed by atoms with E-state index < -0.39 is 15.6 Å². The summed E-state index contributed by atoms with van der Waals surface area (Å²) >= 11 is 0. The van der Waals surface area contributed by atoms with Gasteiger partial charge >= 0.3 is 5.51 Å². The van der Waals surface area contributed by atoms with Crippen LogP contribution in [0.2, 0.25) is 0 Å². The van der Waals surface area contributed by atoms with Crippen molar-refractivity contribution < 1.29 is 26.1 Å². The van der Waals surface area contributed by atoms with E-state index in [1.807, 2.05) is 0 Å². The standard InChI is InChI=1S/C19H21S.CHF3O3S/c1-16-9-5-6-12-18(16)19(15-20-13-7-8-14-20)17-10-3-2-4-11-17;2-1(3,4)8(5,6)7/h2-6,9-12,15H,7-8,13-14H2,1H3;(H,5,6,7)/q+1;/p-1. The molecule has 1 heterocycles. The molecule has 2 aromatic carbocycles. The molecule has 0 bridgehead atoms. The molecule has 0 amide bonds. The van der Waals surface area contributed by atoms with Gasteiger partial charge in [0, 0.05) is 16.5 Å². The Morgan fingerprint density at radius 2 is 1.50 bits per heavy atom. The first-order valence-corrected chi connectivity index (χ1v) is 11.6. The summed E-state index contributed by atoms with van der Waals surface area (Å²) in [6.45, 7) is 2.21. The summed E-state index contributed by atoms with van der Waals surface area (Å²) in [4.78, 5) is 0. The summed E-state index contributed by atoms with van der Waals surface area (Å²) in [5.41, 5.74) is -0.119. The maximum Gasteiger partial charge on any atom is 0.485 e. The third kappa shape index (κ3) is 6.39. The van der Waals surface area contributed by atoms with Gasteiger partial charge in [-0.1, -0.05) is 54.6 Å². The van der Waals surface area contributed by atoms with Crippen LogP contribution in [0, 0.1) is 6.92 Å². The maximum atomic E-state index is 10.7. The van der Waals surface area contributed by atoms with Crippen LogP contribution in [0.15, 0.2) is 60.0 Å². The van der Waals surface area contributed by atoms with E-state index in [4.69, 9.17) is 13.0 Å². The fourth-order valence-electron chi connectivity index (χ4n) is 2.74. The van der Waals surface area contributed by atoms with Gasteiger partial charge in [-0.05, 0) is 36.5 Å². The van der Waals surface area contributed by atoms with Gasteiger partial charge in [0.15, 0.2) is 10.1 Å². The van der Waals surface area contributed by atoms with Gasteiger partial charge in [0.05, 0.1) is 0 Å². The first-order chi connectivity index (χ1) is 13.1. The van der Waals surface area contributed by atoms with Gasteiger partial charge in [0.1, 0.15) is 16.9 Å². The quantitative estimate of drug-likeness (QED) is 0.397. The molecule has 0 aliphatic carbocycles. The van der Waals surface area contributed by atoms with Gasteiger partial charge in [-0.25, -0.2) is 8.42 Å². The van der Waals surface area contributed by atoms with Gasteiger partial charge < -0.3 is 4.55 Å². The van der Waals surface area contributed by atoms with Crippen LogP contribution in [-0.4, -0.2) is 30.0 Å². The van der Waals surface area contributed by atoms with Crippen molar-refractivity contribution >= 4 is 26.6 Å². The molecule has 28 heavy (non-hydrogen) atoms. The fraction of sp³-hybridized carbons (Fsp3) is 0.300. The minimum Gasteiger partial charge on any atom is -0.741 e. The Labute approximate surface area is 166 Å². The molecule has 0 aromatic heterocycles. The van der Waals surface area contributed by atoms with Crippen molar-refractivity contribution in [1.82, 2.24) is 0 Å². The van der Waals surface area contributed by atoms with Crippen LogP contribution in [0.25, 0.3) is 5.57 Å². The van der Waals surface area contributed by atoms with E-state index in [1.165, 1.54) is 46.6 Å². The highest BCUT2D eigenvalue weighted by Gasteiger charge is 2.36. The lowest BCUT2D eigenvalue weighted by Gasteiger charge is -2.10. The summed E-state index contributed by atoms with van der Waals surface area (Å²) < 4.78 is 58.9. The Balaban J connectivity index is 0.000000300. The van der Waals surface area contributed by atoms with Gasteiger partial charge in [-0.2, -0.15) is 13.2 Å². The van der Waals surface area contributed by atoms with Crippen molar-refractivity contribution in [2.24, 2.45) is 0 Å². The number of hydrogen-bond acceptors (Lipinski definition) is 3. The lowest BCUT2D eigenvalue weighted by molar-refractivity contribution is -0.0517. The molecule has 3 rings (SSSR count). The molecule has 0 unspecified atom stereocenters. The predicted molar refractivity (Wildman–Crippen MR) is 107 cm³/mol. The molecule has 2 aromatic rings. The molecule has 1 aliphatic rings. The van der Waals surface area contributed by atoms with E-state index in [0.717, 1.165) is 0 Å². The molecule has 0 atom stereocenters. The molecule has 0 radical (unpaired) electrons. The second kappa shape index (κ2) is 9.62. The number of benzene rings is 2. The molecule has 3 nitrogen and oxygen atoms in total. The summed E-state index contributed by atoms with van der Waals surface area (Å²) in [7, 11) is -5.62. The highest BCUT2D eigenvalue weighted by atomic mass is 32.2. The molecule has 8 heteroatoms. The Kier molecular flexibility index (Phi) is 7.74. The van der Waals surface area contributed by atoms with Crippen molar-refractivity contribution in [2.75, 3.05) is 11.5 Å². The zero-order valence-corrected chi connectivity index (χ0v) is 16.9. The Morgan fingerprint density at radius 1 is 1.00 bits per heavy atom. The SMILES string of the molecule is Cc1ccccc1C(=C[S+]1CCCC1)c1ccccc1.O=S(=O)([O-])C(F)(F)F. The summed E-state index contributed by atoms with van der Waals surface area (Å²) in [5.74, 6) is 2.75. The van der Waals surface area contributed by atoms with E-state index in [-0.39, 0.29) is 0 Å². The highest BCUT2D eigenvalue weighted by molar-refractivity contribution is 8.00. The van der Waals surface area contributed by atoms with Gasteiger partial charge in [0.2, 0.25) is 0 Å². The highest BCUT2D eigenvalue weighted by Crippen LogP contribution is 2.29. The van der Waals surface area contributed by atoms with Gasteiger partial charge in [-0.15, -0.1) is 0 Å². The molecule has 0 N–H and O–H groups in total. The average Bonchev–Trinajstić information content (AvgIpc) is 3.13. The maximum absolute atomic E-state index is 10.7. The summed E-state index contributed by atoms with van der Waals surface area (Å²) in [6, 6.07) is 19.6.